The number of fused-ring (bicyclic) bond motifs is 1. The summed E-state index contributed by atoms with van der Waals surface area (Å²) in [4.78, 5) is 20.4. The molecule has 0 N–H and O–H groups in total. The van der Waals surface area contributed by atoms with Crippen LogP contribution in [0.5, 0.6) is 0 Å². The van der Waals surface area contributed by atoms with Crippen molar-refractivity contribution in [2.24, 2.45) is 0 Å². The average molecular weight is 378 g/mol. The van der Waals surface area contributed by atoms with Crippen molar-refractivity contribution in [3.05, 3.63) is 65.9 Å². The quantitative estimate of drug-likeness (QED) is 0.484. The van der Waals surface area contributed by atoms with E-state index in [0.29, 0.717) is 10.5 Å². The predicted octanol–water partition coefficient (Wildman–Crippen LogP) is 4.48. The number of nitrogens with zero attached hydrogens (tertiary/aromatic N) is 2. The van der Waals surface area contributed by atoms with E-state index in [4.69, 9.17) is 4.74 Å². The van der Waals surface area contributed by atoms with Crippen molar-refractivity contribution in [1.29, 1.82) is 0 Å². The Labute approximate surface area is 151 Å². The number of para-hydroxylation sites is 2. The fraction of sp³-hybridized carbons (Fsp3) is 0.167. The number of alkyl halides is 3. The number of ether oxygens (including phenoxy) is 1. The van der Waals surface area contributed by atoms with Crippen LogP contribution in [0.4, 0.5) is 13.2 Å². The zero-order valence-electron chi connectivity index (χ0n) is 13.4. The van der Waals surface area contributed by atoms with Crippen molar-refractivity contribution in [3.63, 3.8) is 0 Å². The van der Waals surface area contributed by atoms with Gasteiger partial charge in [0.05, 0.1) is 28.5 Å². The third-order valence-corrected chi connectivity index (χ3v) is 4.35. The van der Waals surface area contributed by atoms with Crippen molar-refractivity contribution in [2.75, 3.05) is 5.75 Å². The molecule has 1 heterocycles. The van der Waals surface area contributed by atoms with E-state index in [0.717, 1.165) is 23.3 Å². The van der Waals surface area contributed by atoms with Crippen molar-refractivity contribution in [2.45, 2.75) is 17.8 Å². The van der Waals surface area contributed by atoms with E-state index < -0.39 is 24.3 Å². The molecule has 0 aliphatic rings. The summed E-state index contributed by atoms with van der Waals surface area (Å²) in [5.41, 5.74) is 0.554. The van der Waals surface area contributed by atoms with E-state index >= 15 is 0 Å². The number of esters is 1. The Bertz CT molecular complexity index is 931. The topological polar surface area (TPSA) is 52.1 Å². The maximum absolute atomic E-state index is 12.9. The molecule has 134 valence electrons. The van der Waals surface area contributed by atoms with E-state index in [-0.39, 0.29) is 11.3 Å². The number of hydrogen-bond acceptors (Lipinski definition) is 5. The third kappa shape index (κ3) is 4.51. The van der Waals surface area contributed by atoms with Crippen LogP contribution in [-0.2, 0) is 22.3 Å². The molecule has 0 aliphatic carbocycles. The maximum Gasteiger partial charge on any atom is 0.416 e. The monoisotopic (exact) mass is 378 g/mol. The molecule has 2 aromatic carbocycles. The van der Waals surface area contributed by atoms with Gasteiger partial charge in [-0.3, -0.25) is 9.78 Å². The minimum Gasteiger partial charge on any atom is -0.460 e. The number of thioether (sulfide) groups is 1. The van der Waals surface area contributed by atoms with Crippen molar-refractivity contribution in [1.82, 2.24) is 9.97 Å². The van der Waals surface area contributed by atoms with Gasteiger partial charge in [-0.15, -0.1) is 0 Å². The summed E-state index contributed by atoms with van der Waals surface area (Å²) < 4.78 is 43.7. The molecule has 3 aromatic rings. The smallest absolute Gasteiger partial charge is 0.416 e. The molecule has 8 heteroatoms. The van der Waals surface area contributed by atoms with Crippen molar-refractivity contribution >= 4 is 28.8 Å². The second-order valence-electron chi connectivity index (χ2n) is 5.30. The minimum absolute atomic E-state index is 0.0682. The van der Waals surface area contributed by atoms with Gasteiger partial charge in [-0.2, -0.15) is 13.2 Å². The lowest BCUT2D eigenvalue weighted by atomic mass is 10.1. The number of benzene rings is 2. The Kier molecular flexibility index (Phi) is 5.41. The molecule has 0 fully saturated rings. The predicted molar refractivity (Wildman–Crippen MR) is 91.5 cm³/mol. The molecule has 0 atom stereocenters. The van der Waals surface area contributed by atoms with E-state index in [1.54, 1.807) is 12.3 Å². The second kappa shape index (κ2) is 7.74. The number of carbonyl (C=O) groups is 1. The van der Waals surface area contributed by atoms with Crippen LogP contribution >= 0.6 is 11.8 Å². The summed E-state index contributed by atoms with van der Waals surface area (Å²) in [5, 5.41) is 0.538. The summed E-state index contributed by atoms with van der Waals surface area (Å²) in [5.74, 6) is -0.691. The summed E-state index contributed by atoms with van der Waals surface area (Å²) in [7, 11) is 0. The van der Waals surface area contributed by atoms with Crippen LogP contribution in [0.3, 0.4) is 0 Å². The van der Waals surface area contributed by atoms with Gasteiger partial charge in [0.2, 0.25) is 0 Å². The van der Waals surface area contributed by atoms with Crippen LogP contribution in [0.25, 0.3) is 11.0 Å². The average Bonchev–Trinajstić information content (AvgIpc) is 2.64. The maximum atomic E-state index is 12.9. The lowest BCUT2D eigenvalue weighted by molar-refractivity contribution is -0.145. The number of hydrogen-bond donors (Lipinski definition) is 0. The number of carbonyl (C=O) groups excluding carboxylic acids is 1. The van der Waals surface area contributed by atoms with Crippen LogP contribution in [0.2, 0.25) is 0 Å². The Hall–Kier alpha value is -2.61. The standard InChI is InChI=1S/C18H13F3N2O2S/c19-18(20,21)13-6-2-1-5-12(13)10-25-17(24)11-26-16-9-22-14-7-3-4-8-15(14)23-16/h1-9H,10-11H2. The Morgan fingerprint density at radius 1 is 1.04 bits per heavy atom. The first-order valence-corrected chi connectivity index (χ1v) is 8.57. The molecule has 1 aromatic heterocycles. The van der Waals surface area contributed by atoms with E-state index in [1.165, 1.54) is 18.2 Å². The first-order valence-electron chi connectivity index (χ1n) is 7.59. The van der Waals surface area contributed by atoms with Gasteiger partial charge in [0.25, 0.3) is 0 Å². The SMILES string of the molecule is O=C(CSc1cnc2ccccc2n1)OCc1ccccc1C(F)(F)F. The van der Waals surface area contributed by atoms with Gasteiger partial charge in [0.15, 0.2) is 0 Å². The molecule has 0 amide bonds. The fourth-order valence-electron chi connectivity index (χ4n) is 2.27. The van der Waals surface area contributed by atoms with Gasteiger partial charge in [-0.25, -0.2) is 4.98 Å². The molecule has 0 saturated heterocycles. The van der Waals surface area contributed by atoms with Crippen LogP contribution in [0.15, 0.2) is 59.8 Å². The molecule has 0 aliphatic heterocycles. The highest BCUT2D eigenvalue weighted by Crippen LogP contribution is 2.32. The normalized spacial score (nSPS) is 11.5. The highest BCUT2D eigenvalue weighted by atomic mass is 32.2. The van der Waals surface area contributed by atoms with Crippen LogP contribution < -0.4 is 0 Å². The number of aromatic nitrogens is 2. The number of halogens is 3. The summed E-state index contributed by atoms with van der Waals surface area (Å²) >= 11 is 1.12. The summed E-state index contributed by atoms with van der Waals surface area (Å²) in [6.07, 6.45) is -2.95. The Morgan fingerprint density at radius 2 is 1.73 bits per heavy atom. The minimum atomic E-state index is -4.49. The molecule has 0 unspecified atom stereocenters. The van der Waals surface area contributed by atoms with Crippen molar-refractivity contribution < 1.29 is 22.7 Å². The zero-order chi connectivity index (χ0) is 18.6. The Morgan fingerprint density at radius 3 is 2.50 bits per heavy atom. The van der Waals surface area contributed by atoms with Crippen LogP contribution in [0, 0.1) is 0 Å². The molecule has 3 rings (SSSR count). The second-order valence-corrected chi connectivity index (χ2v) is 6.30. The van der Waals surface area contributed by atoms with E-state index in [9.17, 15) is 18.0 Å². The first kappa shape index (κ1) is 18.2. The van der Waals surface area contributed by atoms with Gasteiger partial charge >= 0.3 is 12.1 Å². The van der Waals surface area contributed by atoms with Crippen molar-refractivity contribution in [3.8, 4) is 0 Å². The Balaban J connectivity index is 1.58. The fourth-order valence-corrected chi connectivity index (χ4v) is 2.90. The lowest BCUT2D eigenvalue weighted by Gasteiger charge is -2.12. The zero-order valence-corrected chi connectivity index (χ0v) is 14.2. The molecule has 0 saturated carbocycles. The largest absolute Gasteiger partial charge is 0.460 e. The third-order valence-electron chi connectivity index (χ3n) is 3.48. The van der Waals surface area contributed by atoms with Gasteiger partial charge < -0.3 is 4.74 Å². The van der Waals surface area contributed by atoms with Gasteiger partial charge in [0.1, 0.15) is 11.6 Å². The lowest BCUT2D eigenvalue weighted by Crippen LogP contribution is -2.13. The first-order chi connectivity index (χ1) is 12.4. The van der Waals surface area contributed by atoms with Gasteiger partial charge in [0, 0.05) is 5.56 Å². The van der Waals surface area contributed by atoms with E-state index in [2.05, 4.69) is 9.97 Å². The molecule has 0 bridgehead atoms. The molecular weight excluding hydrogens is 365 g/mol. The van der Waals surface area contributed by atoms with Crippen LogP contribution in [0.1, 0.15) is 11.1 Å². The molecule has 4 nitrogen and oxygen atoms in total. The highest BCUT2D eigenvalue weighted by molar-refractivity contribution is 7.99. The molecular formula is C18H13F3N2O2S. The summed E-state index contributed by atoms with van der Waals surface area (Å²) in [6, 6.07) is 12.3. The van der Waals surface area contributed by atoms with Crippen LogP contribution in [-0.4, -0.2) is 21.7 Å². The highest BCUT2D eigenvalue weighted by Gasteiger charge is 2.33. The molecule has 0 spiro atoms. The summed E-state index contributed by atoms with van der Waals surface area (Å²) in [6.45, 7) is -0.432. The molecule has 26 heavy (non-hydrogen) atoms. The number of rotatable bonds is 5. The van der Waals surface area contributed by atoms with Gasteiger partial charge in [-0.1, -0.05) is 42.1 Å². The van der Waals surface area contributed by atoms with Gasteiger partial charge in [-0.05, 0) is 18.2 Å². The molecule has 0 radical (unpaired) electrons. The van der Waals surface area contributed by atoms with E-state index in [1.807, 2.05) is 18.2 Å².